The van der Waals surface area contributed by atoms with Gasteiger partial charge in [-0.1, -0.05) is 6.07 Å². The average molecular weight is 293 g/mol. The molecule has 1 atom stereocenters. The minimum Gasteiger partial charge on any atom is -0.497 e. The fourth-order valence-corrected chi connectivity index (χ4v) is 2.74. The molecule has 5 nitrogen and oxygen atoms in total. The van der Waals surface area contributed by atoms with Crippen LogP contribution in [-0.4, -0.2) is 51.8 Å². The molecule has 0 radical (unpaired) electrons. The lowest BCUT2D eigenvalue weighted by molar-refractivity contribution is -0.128. The summed E-state index contributed by atoms with van der Waals surface area (Å²) in [5.74, 6) is 2.14. The zero-order chi connectivity index (χ0) is 15.2. The van der Waals surface area contributed by atoms with E-state index < -0.39 is 0 Å². The largest absolute Gasteiger partial charge is 0.497 e. The molecule has 0 aliphatic carbocycles. The van der Waals surface area contributed by atoms with Gasteiger partial charge in [0.1, 0.15) is 11.5 Å². The van der Waals surface area contributed by atoms with Gasteiger partial charge >= 0.3 is 0 Å². The zero-order valence-corrected chi connectivity index (χ0v) is 12.9. The summed E-state index contributed by atoms with van der Waals surface area (Å²) in [6, 6.07) is 5.83. The number of nitrogens with zero attached hydrogens (tertiary/aromatic N) is 1. The quantitative estimate of drug-likeness (QED) is 0.768. The van der Waals surface area contributed by atoms with Gasteiger partial charge in [-0.2, -0.15) is 0 Å². The molecule has 0 aromatic heterocycles. The van der Waals surface area contributed by atoms with Crippen LogP contribution in [0, 0.1) is 5.92 Å². The molecule has 1 aromatic rings. The van der Waals surface area contributed by atoms with Gasteiger partial charge in [0.2, 0.25) is 5.91 Å². The van der Waals surface area contributed by atoms with Gasteiger partial charge < -0.3 is 19.1 Å². The monoisotopic (exact) mass is 293 g/mol. The van der Waals surface area contributed by atoms with E-state index in [2.05, 4.69) is 0 Å². The molecular formula is C16H23NO4. The van der Waals surface area contributed by atoms with Gasteiger partial charge in [-0.15, -0.1) is 0 Å². The zero-order valence-electron chi connectivity index (χ0n) is 12.9. The molecule has 1 saturated heterocycles. The van der Waals surface area contributed by atoms with Crippen LogP contribution >= 0.6 is 0 Å². The smallest absolute Gasteiger partial charge is 0.223 e. The van der Waals surface area contributed by atoms with E-state index in [0.717, 1.165) is 30.0 Å². The highest BCUT2D eigenvalue weighted by atomic mass is 16.5. The average Bonchev–Trinajstić information content (AvgIpc) is 2.85. The van der Waals surface area contributed by atoms with Gasteiger partial charge in [0.05, 0.1) is 20.8 Å². The lowest BCUT2D eigenvalue weighted by Crippen LogP contribution is -2.28. The van der Waals surface area contributed by atoms with Crippen LogP contribution in [0.1, 0.15) is 12.0 Å². The van der Waals surface area contributed by atoms with Crippen molar-refractivity contribution < 1.29 is 19.0 Å². The van der Waals surface area contributed by atoms with Crippen molar-refractivity contribution in [3.8, 4) is 11.5 Å². The van der Waals surface area contributed by atoms with Crippen molar-refractivity contribution >= 4 is 5.91 Å². The van der Waals surface area contributed by atoms with Crippen LogP contribution in [0.15, 0.2) is 18.2 Å². The van der Waals surface area contributed by atoms with Gasteiger partial charge in [-0.25, -0.2) is 0 Å². The van der Waals surface area contributed by atoms with Crippen LogP contribution in [0.4, 0.5) is 0 Å². The Bertz CT molecular complexity index is 489. The van der Waals surface area contributed by atoms with Crippen LogP contribution in [-0.2, 0) is 16.0 Å². The minimum absolute atomic E-state index is 0.213. The Morgan fingerprint density at radius 1 is 1.24 bits per heavy atom. The fourth-order valence-electron chi connectivity index (χ4n) is 2.74. The van der Waals surface area contributed by atoms with E-state index in [0.29, 0.717) is 25.5 Å². The second-order valence-corrected chi connectivity index (χ2v) is 5.28. The van der Waals surface area contributed by atoms with E-state index in [9.17, 15) is 4.79 Å². The van der Waals surface area contributed by atoms with Crippen molar-refractivity contribution in [2.24, 2.45) is 5.92 Å². The number of hydrogen-bond donors (Lipinski definition) is 0. The number of benzene rings is 1. The topological polar surface area (TPSA) is 48.0 Å². The van der Waals surface area contributed by atoms with Crippen LogP contribution < -0.4 is 9.47 Å². The maximum absolute atomic E-state index is 12.0. The normalized spacial score (nSPS) is 18.1. The van der Waals surface area contributed by atoms with Crippen molar-refractivity contribution in [2.75, 3.05) is 41.0 Å². The number of rotatable bonds is 7. The summed E-state index contributed by atoms with van der Waals surface area (Å²) in [6.07, 6.45) is 1.43. The molecule has 1 aliphatic heterocycles. The summed E-state index contributed by atoms with van der Waals surface area (Å²) in [4.78, 5) is 13.8. The Hall–Kier alpha value is -1.75. The summed E-state index contributed by atoms with van der Waals surface area (Å²) >= 11 is 0. The lowest BCUT2D eigenvalue weighted by atomic mass is 9.97. The van der Waals surface area contributed by atoms with E-state index in [1.54, 1.807) is 21.3 Å². The summed E-state index contributed by atoms with van der Waals surface area (Å²) in [5.41, 5.74) is 1.12. The van der Waals surface area contributed by atoms with Gasteiger partial charge in [-0.05, 0) is 24.0 Å². The molecule has 0 spiro atoms. The molecule has 1 aliphatic rings. The van der Waals surface area contributed by atoms with Gasteiger partial charge in [0.15, 0.2) is 0 Å². The van der Waals surface area contributed by atoms with Gasteiger partial charge in [-0.3, -0.25) is 4.79 Å². The molecule has 0 saturated carbocycles. The Morgan fingerprint density at radius 3 is 2.71 bits per heavy atom. The van der Waals surface area contributed by atoms with E-state index in [1.165, 1.54) is 0 Å². The molecule has 1 heterocycles. The maximum Gasteiger partial charge on any atom is 0.223 e. The lowest BCUT2D eigenvalue weighted by Gasteiger charge is -2.17. The van der Waals surface area contributed by atoms with Crippen molar-refractivity contribution in [1.82, 2.24) is 4.90 Å². The summed E-state index contributed by atoms with van der Waals surface area (Å²) < 4.78 is 15.7. The first-order chi connectivity index (χ1) is 10.2. The van der Waals surface area contributed by atoms with Crippen LogP contribution in [0.25, 0.3) is 0 Å². The second-order valence-electron chi connectivity index (χ2n) is 5.28. The molecule has 0 N–H and O–H groups in total. The molecule has 1 amide bonds. The first-order valence-corrected chi connectivity index (χ1v) is 7.15. The number of ether oxygens (including phenoxy) is 3. The van der Waals surface area contributed by atoms with Crippen LogP contribution in [0.5, 0.6) is 11.5 Å². The Morgan fingerprint density at radius 2 is 2.05 bits per heavy atom. The number of methoxy groups -OCH3 is 3. The van der Waals surface area contributed by atoms with Gasteiger partial charge in [0.25, 0.3) is 0 Å². The molecule has 5 heteroatoms. The Kier molecular flexibility index (Phi) is 5.44. The van der Waals surface area contributed by atoms with Crippen molar-refractivity contribution in [3.63, 3.8) is 0 Å². The van der Waals surface area contributed by atoms with Crippen LogP contribution in [0.3, 0.4) is 0 Å². The number of likely N-dealkylation sites (tertiary alicyclic amines) is 1. The molecule has 2 rings (SSSR count). The van der Waals surface area contributed by atoms with Crippen molar-refractivity contribution in [3.05, 3.63) is 23.8 Å². The summed E-state index contributed by atoms with van der Waals surface area (Å²) in [6.45, 7) is 2.05. The molecule has 0 unspecified atom stereocenters. The molecule has 1 fully saturated rings. The molecule has 1 aromatic carbocycles. The predicted molar refractivity (Wildman–Crippen MR) is 79.8 cm³/mol. The first kappa shape index (κ1) is 15.6. The highest BCUT2D eigenvalue weighted by Crippen LogP contribution is 2.29. The first-order valence-electron chi connectivity index (χ1n) is 7.15. The Labute approximate surface area is 125 Å². The number of amides is 1. The SMILES string of the molecule is COCCN1C[C@@H](Cc2ccc(OC)cc2OC)CC1=O. The molecule has 0 bridgehead atoms. The van der Waals surface area contributed by atoms with E-state index in [4.69, 9.17) is 14.2 Å². The van der Waals surface area contributed by atoms with Crippen LogP contribution in [0.2, 0.25) is 0 Å². The van der Waals surface area contributed by atoms with Gasteiger partial charge in [0, 0.05) is 32.7 Å². The molecular weight excluding hydrogens is 270 g/mol. The third kappa shape index (κ3) is 3.88. The third-order valence-electron chi connectivity index (χ3n) is 3.86. The number of carbonyl (C=O) groups excluding carboxylic acids is 1. The van der Waals surface area contributed by atoms with E-state index in [-0.39, 0.29) is 5.91 Å². The minimum atomic E-state index is 0.213. The Balaban J connectivity index is 2.01. The summed E-state index contributed by atoms with van der Waals surface area (Å²) in [5, 5.41) is 0. The second kappa shape index (κ2) is 7.31. The molecule has 21 heavy (non-hydrogen) atoms. The number of carbonyl (C=O) groups is 1. The highest BCUT2D eigenvalue weighted by molar-refractivity contribution is 5.78. The van der Waals surface area contributed by atoms with Crippen molar-refractivity contribution in [2.45, 2.75) is 12.8 Å². The van der Waals surface area contributed by atoms with E-state index in [1.807, 2.05) is 23.1 Å². The number of hydrogen-bond acceptors (Lipinski definition) is 4. The third-order valence-corrected chi connectivity index (χ3v) is 3.86. The summed E-state index contributed by atoms with van der Waals surface area (Å²) in [7, 11) is 4.95. The van der Waals surface area contributed by atoms with E-state index >= 15 is 0 Å². The van der Waals surface area contributed by atoms with Crippen molar-refractivity contribution in [1.29, 1.82) is 0 Å². The predicted octanol–water partition coefficient (Wildman–Crippen LogP) is 1.74. The fraction of sp³-hybridized carbons (Fsp3) is 0.562. The highest BCUT2D eigenvalue weighted by Gasteiger charge is 2.29. The molecule has 116 valence electrons. The maximum atomic E-state index is 12.0. The standard InChI is InChI=1S/C16H23NO4/c1-19-7-6-17-11-12(9-16(17)18)8-13-4-5-14(20-2)10-15(13)21-3/h4-5,10,12H,6-9,11H2,1-3H3/t12-/m0/s1.